The lowest BCUT2D eigenvalue weighted by Crippen LogP contribution is -2.42. The number of hydrogen-bond acceptors (Lipinski definition) is 4. The van der Waals surface area contributed by atoms with Gasteiger partial charge in [0.2, 0.25) is 0 Å². The molecule has 1 aromatic carbocycles. The first-order chi connectivity index (χ1) is 12.2. The lowest BCUT2D eigenvalue weighted by molar-refractivity contribution is -0.0248. The molecule has 0 N–H and O–H groups in total. The minimum Gasteiger partial charge on any atom is -0.368 e. The predicted octanol–water partition coefficient (Wildman–Crippen LogP) is 2.88. The fourth-order valence-corrected chi connectivity index (χ4v) is 3.72. The van der Waals surface area contributed by atoms with Crippen LogP contribution in [0.3, 0.4) is 0 Å². The molecule has 1 saturated heterocycles. The Labute approximate surface area is 148 Å². The quantitative estimate of drug-likeness (QED) is 0.845. The van der Waals surface area contributed by atoms with Crippen molar-refractivity contribution in [2.75, 3.05) is 19.7 Å². The van der Waals surface area contributed by atoms with Gasteiger partial charge >= 0.3 is 0 Å². The molecule has 1 aromatic heterocycles. The Morgan fingerprint density at radius 1 is 1.20 bits per heavy atom. The number of morpholine rings is 1. The molecule has 1 amide bonds. The average Bonchev–Trinajstić information content (AvgIpc) is 2.67. The maximum Gasteiger partial charge on any atom is 0.254 e. The molecule has 1 aliphatic heterocycles. The molecule has 4 rings (SSSR count). The van der Waals surface area contributed by atoms with Crippen LogP contribution in [0.15, 0.2) is 30.5 Å². The van der Waals surface area contributed by atoms with Crippen molar-refractivity contribution in [2.24, 2.45) is 0 Å². The SMILES string of the molecule is Cc1nccc([C@H]2CN(C(=O)c3ccc4c(c3)CCCC4)CCO2)n1. The Hall–Kier alpha value is -2.27. The number of benzene rings is 1. The van der Waals surface area contributed by atoms with Crippen molar-refractivity contribution in [3.63, 3.8) is 0 Å². The van der Waals surface area contributed by atoms with Gasteiger partial charge in [-0.25, -0.2) is 9.97 Å². The van der Waals surface area contributed by atoms with E-state index in [0.29, 0.717) is 19.7 Å². The van der Waals surface area contributed by atoms with Gasteiger partial charge in [-0.1, -0.05) is 6.07 Å². The van der Waals surface area contributed by atoms with E-state index in [9.17, 15) is 4.79 Å². The van der Waals surface area contributed by atoms with Crippen LogP contribution >= 0.6 is 0 Å². The highest BCUT2D eigenvalue weighted by Gasteiger charge is 2.27. The summed E-state index contributed by atoms with van der Waals surface area (Å²) < 4.78 is 5.84. The number of ether oxygens (including phenoxy) is 1. The van der Waals surface area contributed by atoms with E-state index in [0.717, 1.165) is 29.9 Å². The molecule has 2 aliphatic rings. The number of aryl methyl sites for hydroxylation is 3. The Balaban J connectivity index is 1.52. The number of carbonyl (C=O) groups is 1. The summed E-state index contributed by atoms with van der Waals surface area (Å²) in [4.78, 5) is 23.4. The number of rotatable bonds is 2. The van der Waals surface area contributed by atoms with Gasteiger partial charge < -0.3 is 9.64 Å². The van der Waals surface area contributed by atoms with E-state index in [1.54, 1.807) is 6.20 Å². The predicted molar refractivity (Wildman–Crippen MR) is 94.4 cm³/mol. The van der Waals surface area contributed by atoms with Gasteiger partial charge in [0.05, 0.1) is 18.8 Å². The maximum absolute atomic E-state index is 13.0. The summed E-state index contributed by atoms with van der Waals surface area (Å²) in [6, 6.07) is 8.07. The molecule has 0 spiro atoms. The summed E-state index contributed by atoms with van der Waals surface area (Å²) in [7, 11) is 0. The minimum absolute atomic E-state index is 0.0902. The zero-order valence-corrected chi connectivity index (χ0v) is 14.6. The van der Waals surface area contributed by atoms with E-state index in [4.69, 9.17) is 4.74 Å². The summed E-state index contributed by atoms with van der Waals surface area (Å²) >= 11 is 0. The number of aromatic nitrogens is 2. The van der Waals surface area contributed by atoms with Gasteiger partial charge in [-0.15, -0.1) is 0 Å². The fraction of sp³-hybridized carbons (Fsp3) is 0.450. The van der Waals surface area contributed by atoms with Crippen LogP contribution in [-0.2, 0) is 17.6 Å². The van der Waals surface area contributed by atoms with Crippen molar-refractivity contribution >= 4 is 5.91 Å². The number of carbonyl (C=O) groups excluding carboxylic acids is 1. The van der Waals surface area contributed by atoms with Crippen molar-refractivity contribution in [3.05, 3.63) is 58.7 Å². The third kappa shape index (κ3) is 3.42. The van der Waals surface area contributed by atoms with Crippen LogP contribution in [0.2, 0.25) is 0 Å². The highest BCUT2D eigenvalue weighted by atomic mass is 16.5. The first-order valence-electron chi connectivity index (χ1n) is 9.03. The van der Waals surface area contributed by atoms with Crippen molar-refractivity contribution < 1.29 is 9.53 Å². The van der Waals surface area contributed by atoms with Gasteiger partial charge in [0.1, 0.15) is 11.9 Å². The number of fused-ring (bicyclic) bond motifs is 1. The smallest absolute Gasteiger partial charge is 0.254 e. The molecule has 0 unspecified atom stereocenters. The summed E-state index contributed by atoms with van der Waals surface area (Å²) in [5, 5.41) is 0. The summed E-state index contributed by atoms with van der Waals surface area (Å²) in [5.74, 6) is 0.812. The molecule has 0 radical (unpaired) electrons. The minimum atomic E-state index is -0.183. The molecule has 0 bridgehead atoms. The number of hydrogen-bond donors (Lipinski definition) is 0. The standard InChI is InChI=1S/C20H23N3O2/c1-14-21-9-8-18(22-14)19-13-23(10-11-25-19)20(24)17-7-6-15-4-2-3-5-16(15)12-17/h6-9,12,19H,2-5,10-11,13H2,1H3/t19-/m1/s1. The molecule has 1 fully saturated rings. The van der Waals surface area contributed by atoms with Crippen LogP contribution in [0.25, 0.3) is 0 Å². The number of nitrogens with zero attached hydrogens (tertiary/aromatic N) is 3. The Kier molecular flexibility index (Phi) is 4.49. The second-order valence-corrected chi connectivity index (χ2v) is 6.83. The van der Waals surface area contributed by atoms with Crippen LogP contribution in [0.4, 0.5) is 0 Å². The van der Waals surface area contributed by atoms with Crippen molar-refractivity contribution in [1.29, 1.82) is 0 Å². The highest BCUT2D eigenvalue weighted by molar-refractivity contribution is 5.94. The summed E-state index contributed by atoms with van der Waals surface area (Å²) in [5.41, 5.74) is 4.38. The van der Waals surface area contributed by atoms with Crippen LogP contribution in [0, 0.1) is 6.92 Å². The van der Waals surface area contributed by atoms with Crippen molar-refractivity contribution in [2.45, 2.75) is 38.7 Å². The Morgan fingerprint density at radius 2 is 2.04 bits per heavy atom. The van der Waals surface area contributed by atoms with E-state index >= 15 is 0 Å². The molecule has 2 aromatic rings. The van der Waals surface area contributed by atoms with E-state index in [-0.39, 0.29) is 12.0 Å². The second kappa shape index (κ2) is 6.92. The van der Waals surface area contributed by atoms with Gasteiger partial charge in [-0.3, -0.25) is 4.79 Å². The van der Waals surface area contributed by atoms with E-state index in [1.807, 2.05) is 24.0 Å². The van der Waals surface area contributed by atoms with E-state index < -0.39 is 0 Å². The Morgan fingerprint density at radius 3 is 2.88 bits per heavy atom. The first kappa shape index (κ1) is 16.2. The van der Waals surface area contributed by atoms with Gasteiger partial charge in [0, 0.05) is 18.3 Å². The zero-order chi connectivity index (χ0) is 17.2. The van der Waals surface area contributed by atoms with Crippen molar-refractivity contribution in [1.82, 2.24) is 14.9 Å². The molecule has 25 heavy (non-hydrogen) atoms. The monoisotopic (exact) mass is 337 g/mol. The zero-order valence-electron chi connectivity index (χ0n) is 14.6. The lowest BCUT2D eigenvalue weighted by atomic mass is 9.90. The van der Waals surface area contributed by atoms with Crippen LogP contribution in [-0.4, -0.2) is 40.5 Å². The summed E-state index contributed by atoms with van der Waals surface area (Å²) in [6.07, 6.45) is 6.25. The third-order valence-corrected chi connectivity index (χ3v) is 5.08. The molecule has 2 heterocycles. The molecule has 5 heteroatoms. The highest BCUT2D eigenvalue weighted by Crippen LogP contribution is 2.25. The summed E-state index contributed by atoms with van der Waals surface area (Å²) in [6.45, 7) is 3.55. The molecule has 0 saturated carbocycles. The Bertz CT molecular complexity index is 790. The fourth-order valence-electron chi connectivity index (χ4n) is 3.72. The first-order valence-corrected chi connectivity index (χ1v) is 9.03. The van der Waals surface area contributed by atoms with Crippen LogP contribution in [0.1, 0.15) is 51.9 Å². The van der Waals surface area contributed by atoms with Crippen LogP contribution < -0.4 is 0 Å². The topological polar surface area (TPSA) is 55.3 Å². The molecule has 1 aliphatic carbocycles. The van der Waals surface area contributed by atoms with Gasteiger partial charge in [-0.05, 0) is 61.9 Å². The van der Waals surface area contributed by atoms with E-state index in [1.165, 1.54) is 24.0 Å². The van der Waals surface area contributed by atoms with Crippen molar-refractivity contribution in [3.8, 4) is 0 Å². The van der Waals surface area contributed by atoms with Gasteiger partial charge in [0.15, 0.2) is 0 Å². The van der Waals surface area contributed by atoms with E-state index in [2.05, 4.69) is 22.1 Å². The lowest BCUT2D eigenvalue weighted by Gasteiger charge is -2.33. The molecule has 130 valence electrons. The maximum atomic E-state index is 13.0. The second-order valence-electron chi connectivity index (χ2n) is 6.83. The molecule has 5 nitrogen and oxygen atoms in total. The van der Waals surface area contributed by atoms with Crippen LogP contribution in [0.5, 0.6) is 0 Å². The van der Waals surface area contributed by atoms with Gasteiger partial charge in [0.25, 0.3) is 5.91 Å². The largest absolute Gasteiger partial charge is 0.368 e. The average molecular weight is 337 g/mol. The molecule has 1 atom stereocenters. The molecular formula is C20H23N3O2. The normalized spacial score (nSPS) is 20.2. The molecular weight excluding hydrogens is 314 g/mol. The van der Waals surface area contributed by atoms with Gasteiger partial charge in [-0.2, -0.15) is 0 Å². The number of amides is 1. The third-order valence-electron chi connectivity index (χ3n) is 5.08.